The smallest absolute Gasteiger partial charge is 0.410 e. The predicted octanol–water partition coefficient (Wildman–Crippen LogP) is 11.9. The SMILES string of the molecule is Cc1cc(C)cc(Oc2cncc(-c3c(C)nnn3C3CCN(C(=O)OC(C)(C)C)CC3)c2)c1.Cc1cc(C)cc(Oc2cncc(Cl)c2)c1.Cc1cn(C2CCN(C(=O)OC(C)(C)C)CC2)nn1.S=S=S=S=S=S=S. The Kier molecular flexibility index (Phi) is 24.1. The van der Waals surface area contributed by atoms with Gasteiger partial charge in [-0.3, -0.25) is 9.97 Å². The molecule has 2 aliphatic rings. The second-order valence-corrected chi connectivity index (χ2v) is 29.4. The third-order valence-electron chi connectivity index (χ3n) is 11.1. The number of rotatable bonds is 7. The Bertz CT molecular complexity index is 3070. The van der Waals surface area contributed by atoms with Gasteiger partial charge in [0.05, 0.1) is 46.6 Å². The summed E-state index contributed by atoms with van der Waals surface area (Å²) in [4.78, 5) is 36.3. The largest absolute Gasteiger partial charge is 0.456 e. The summed E-state index contributed by atoms with van der Waals surface area (Å²) in [5.74, 6) is 2.91. The van der Waals surface area contributed by atoms with Crippen LogP contribution in [0.1, 0.15) is 113 Å². The maximum atomic E-state index is 12.4. The Morgan fingerprint density at radius 2 is 1.04 bits per heavy atom. The molecule has 2 saturated heterocycles. The molecule has 2 aliphatic heterocycles. The third kappa shape index (κ3) is 21.1. The monoisotopic (exact) mass is 1190 g/mol. The minimum absolute atomic E-state index is 0.138. The molecule has 0 unspecified atom stereocenters. The van der Waals surface area contributed by atoms with E-state index in [1.807, 2.05) is 121 Å². The molecule has 6 aromatic rings. The first-order valence-corrected chi connectivity index (χ1v) is 32.8. The van der Waals surface area contributed by atoms with E-state index >= 15 is 0 Å². The molecule has 2 amide bonds. The molecule has 2 fully saturated rings. The third-order valence-corrected chi connectivity index (χ3v) is 20.2. The van der Waals surface area contributed by atoms with Crippen LogP contribution in [0, 0.1) is 41.5 Å². The number of carbonyl (C=O) groups excluding carboxylic acids is 2. The highest BCUT2D eigenvalue weighted by Crippen LogP contribution is 2.33. The van der Waals surface area contributed by atoms with E-state index in [9.17, 15) is 9.59 Å². The van der Waals surface area contributed by atoms with E-state index in [1.165, 1.54) is 28.9 Å². The minimum Gasteiger partial charge on any atom is -0.456 e. The molecular formula is C52H67ClN10O6S7. The van der Waals surface area contributed by atoms with Gasteiger partial charge in [0, 0.05) is 123 Å². The van der Waals surface area contributed by atoms with Crippen molar-refractivity contribution in [2.75, 3.05) is 26.2 Å². The molecule has 6 heterocycles. The number of amides is 2. The average Bonchev–Trinajstić information content (AvgIpc) is 3.96. The summed E-state index contributed by atoms with van der Waals surface area (Å²) in [5.41, 5.74) is 7.29. The lowest BCUT2D eigenvalue weighted by Crippen LogP contribution is -2.42. The van der Waals surface area contributed by atoms with Crippen molar-refractivity contribution in [3.63, 3.8) is 0 Å². The summed E-state index contributed by atoms with van der Waals surface area (Å²) < 4.78 is 26.6. The zero-order valence-corrected chi connectivity index (χ0v) is 51.4. The van der Waals surface area contributed by atoms with Crippen LogP contribution in [-0.2, 0) is 76.3 Å². The van der Waals surface area contributed by atoms with Crippen LogP contribution in [0.15, 0.2) is 79.5 Å². The topological polar surface area (TPSA) is 165 Å². The highest BCUT2D eigenvalue weighted by molar-refractivity contribution is 8.68. The molecule has 2 aromatic carbocycles. The van der Waals surface area contributed by atoms with Crippen LogP contribution in [0.5, 0.6) is 23.0 Å². The summed E-state index contributed by atoms with van der Waals surface area (Å²) in [5, 5.41) is 17.5. The van der Waals surface area contributed by atoms with E-state index in [0.717, 1.165) is 71.0 Å². The maximum Gasteiger partial charge on any atom is 0.410 e. The summed E-state index contributed by atoms with van der Waals surface area (Å²) in [7, 11) is 7.36. The quantitative estimate of drug-likeness (QED) is 0.148. The van der Waals surface area contributed by atoms with Crippen molar-refractivity contribution < 1.29 is 28.5 Å². The van der Waals surface area contributed by atoms with Crippen molar-refractivity contribution in [2.24, 2.45) is 0 Å². The highest BCUT2D eigenvalue weighted by atomic mass is 35.5. The number of piperidine rings is 2. The number of hydrogen-bond donors (Lipinski definition) is 0. The van der Waals surface area contributed by atoms with Crippen LogP contribution < -0.4 is 9.47 Å². The fourth-order valence-corrected chi connectivity index (χ4v) is 16.5. The summed E-state index contributed by atoms with van der Waals surface area (Å²) in [6.45, 7) is 26.0. The van der Waals surface area contributed by atoms with Crippen molar-refractivity contribution in [1.82, 2.24) is 49.8 Å². The number of likely N-dealkylation sites (tertiary alicyclic amines) is 2. The molecule has 8 rings (SSSR count). The van der Waals surface area contributed by atoms with Gasteiger partial charge in [0.15, 0.2) is 0 Å². The Morgan fingerprint density at radius 3 is 1.47 bits per heavy atom. The first kappa shape index (κ1) is 61.8. The number of nitrogens with zero attached hydrogens (tertiary/aromatic N) is 10. The number of aryl methyl sites for hydroxylation is 6. The first-order valence-electron chi connectivity index (χ1n) is 24.4. The van der Waals surface area contributed by atoms with Gasteiger partial charge in [-0.15, -0.1) is 10.2 Å². The van der Waals surface area contributed by atoms with Gasteiger partial charge in [0.1, 0.15) is 34.2 Å². The number of halogens is 1. The Balaban J connectivity index is 0.000000214. The van der Waals surface area contributed by atoms with Gasteiger partial charge in [-0.2, -0.15) is 0 Å². The van der Waals surface area contributed by atoms with Gasteiger partial charge < -0.3 is 28.7 Å². The van der Waals surface area contributed by atoms with Crippen LogP contribution in [-0.4, -0.2) is 99.3 Å². The molecule has 0 aliphatic carbocycles. The molecule has 0 saturated carbocycles. The molecule has 0 radical (unpaired) electrons. The van der Waals surface area contributed by atoms with E-state index in [4.69, 9.17) is 30.5 Å². The fourth-order valence-electron chi connectivity index (χ4n) is 8.11. The van der Waals surface area contributed by atoms with Crippen molar-refractivity contribution in [1.29, 1.82) is 0 Å². The van der Waals surface area contributed by atoms with Gasteiger partial charge in [-0.1, -0.05) is 34.2 Å². The Labute approximate surface area is 475 Å². The number of pyridine rings is 2. The summed E-state index contributed by atoms with van der Waals surface area (Å²) in [6.07, 6.45) is 11.6. The molecule has 24 heteroatoms. The van der Waals surface area contributed by atoms with Crippen molar-refractivity contribution >= 4 is 90.6 Å². The van der Waals surface area contributed by atoms with Crippen LogP contribution in [0.2, 0.25) is 5.02 Å². The van der Waals surface area contributed by atoms with Gasteiger partial charge in [-0.05, 0) is 161 Å². The van der Waals surface area contributed by atoms with Gasteiger partial charge >= 0.3 is 12.2 Å². The average molecular weight is 1190 g/mol. The van der Waals surface area contributed by atoms with E-state index < -0.39 is 11.2 Å². The maximum absolute atomic E-state index is 12.4. The molecule has 410 valence electrons. The fraction of sp³-hybridized carbons (Fsp3) is 0.462. The highest BCUT2D eigenvalue weighted by Gasteiger charge is 2.31. The molecule has 76 heavy (non-hydrogen) atoms. The molecule has 0 bridgehead atoms. The summed E-state index contributed by atoms with van der Waals surface area (Å²) in [6, 6.07) is 16.4. The molecule has 0 spiro atoms. The van der Waals surface area contributed by atoms with Crippen molar-refractivity contribution in [3.05, 3.63) is 118 Å². The molecule has 0 atom stereocenters. The lowest BCUT2D eigenvalue weighted by atomic mass is 10.0. The summed E-state index contributed by atoms with van der Waals surface area (Å²) >= 11 is 15.0. The normalized spacial score (nSPS) is 13.8. The van der Waals surface area contributed by atoms with E-state index in [2.05, 4.69) is 78.9 Å². The standard InChI is InChI=1S/C26H33N5O3.C13H12ClNO.C13H22N4O2.S7/c1-17-11-18(2)13-22(12-17)33-23-14-20(15-27-16-23)24-19(3)28-29-31(24)21-7-9-30(10-8-21)25(32)34-26(4,5)6;1-9-3-10(2)5-12(4-9)16-13-6-11(14)7-15-8-13;1-10-9-17(15-14-10)11-5-7-16(8-6-11)12(18)19-13(2,3)4;1-3-5-7-6-4-2/h11-16,21H,7-10H2,1-6H3;3-8H,1-2H3;9,11H,5-8H2,1-4H3;. The lowest BCUT2D eigenvalue weighted by Gasteiger charge is -2.33. The number of benzene rings is 2. The number of ether oxygens (including phenoxy) is 4. The predicted molar refractivity (Wildman–Crippen MR) is 318 cm³/mol. The molecular weight excluding hydrogens is 1120 g/mol. The molecule has 4 aromatic heterocycles. The number of carbonyl (C=O) groups is 2. The molecule has 0 N–H and O–H groups in total. The van der Waals surface area contributed by atoms with Crippen LogP contribution >= 0.6 is 11.6 Å². The van der Waals surface area contributed by atoms with Crippen molar-refractivity contribution in [3.8, 4) is 34.3 Å². The van der Waals surface area contributed by atoms with Crippen LogP contribution in [0.25, 0.3) is 11.3 Å². The van der Waals surface area contributed by atoms with Gasteiger partial charge in [0.25, 0.3) is 0 Å². The van der Waals surface area contributed by atoms with E-state index in [0.29, 0.717) is 48.7 Å². The van der Waals surface area contributed by atoms with E-state index in [-0.39, 0.29) is 18.2 Å². The van der Waals surface area contributed by atoms with Crippen molar-refractivity contribution in [2.45, 2.75) is 132 Å². The van der Waals surface area contributed by atoms with Gasteiger partial charge in [0.2, 0.25) is 0 Å². The number of hydrogen-bond acceptors (Lipinski definition) is 14. The molecule has 16 nitrogen and oxygen atoms in total. The van der Waals surface area contributed by atoms with E-state index in [1.54, 1.807) is 61.1 Å². The Morgan fingerprint density at radius 1 is 0.579 bits per heavy atom. The minimum atomic E-state index is -0.499. The van der Waals surface area contributed by atoms with Crippen LogP contribution in [0.3, 0.4) is 0 Å². The Hall–Kier alpha value is -5.01. The van der Waals surface area contributed by atoms with Crippen LogP contribution in [0.4, 0.5) is 9.59 Å². The lowest BCUT2D eigenvalue weighted by molar-refractivity contribution is 0.0174. The van der Waals surface area contributed by atoms with Gasteiger partial charge in [-0.25, -0.2) is 19.0 Å². The second-order valence-electron chi connectivity index (χ2n) is 20.1. The first-order chi connectivity index (χ1) is 36.0. The zero-order valence-electron chi connectivity index (χ0n) is 45.0. The number of aromatic nitrogens is 8. The second kappa shape index (κ2) is 29.7. The zero-order chi connectivity index (χ0) is 55.6.